The van der Waals surface area contributed by atoms with Crippen molar-refractivity contribution in [1.29, 1.82) is 0 Å². The van der Waals surface area contributed by atoms with Gasteiger partial charge in [-0.15, -0.1) is 0 Å². The molecular weight excluding hydrogens is 428 g/mol. The Balaban J connectivity index is 1.54. The average Bonchev–Trinajstić information content (AvgIpc) is 3.53. The van der Waals surface area contributed by atoms with E-state index in [1.807, 2.05) is 38.4 Å². The molecule has 0 aliphatic carbocycles. The van der Waals surface area contributed by atoms with Gasteiger partial charge in [-0.25, -0.2) is 4.79 Å². The number of aromatic nitrogens is 1. The van der Waals surface area contributed by atoms with Gasteiger partial charge in [0.25, 0.3) is 0 Å². The summed E-state index contributed by atoms with van der Waals surface area (Å²) in [6.45, 7) is 2.92. The monoisotopic (exact) mass is 460 g/mol. The molecule has 7 nitrogen and oxygen atoms in total. The first-order valence-electron chi connectivity index (χ1n) is 12.1. The first kappa shape index (κ1) is 22.5. The van der Waals surface area contributed by atoms with Crippen molar-refractivity contribution in [2.75, 3.05) is 32.1 Å². The number of carbonyl (C=O) groups is 2. The number of hydrogen-bond donors (Lipinski definition) is 1. The van der Waals surface area contributed by atoms with Crippen molar-refractivity contribution in [2.45, 2.75) is 44.4 Å². The first-order valence-corrected chi connectivity index (χ1v) is 12.1. The first-order chi connectivity index (χ1) is 16.5. The van der Waals surface area contributed by atoms with E-state index in [1.54, 1.807) is 11.8 Å². The van der Waals surface area contributed by atoms with Gasteiger partial charge in [-0.1, -0.05) is 30.3 Å². The minimum absolute atomic E-state index is 0.0216. The van der Waals surface area contributed by atoms with Gasteiger partial charge >= 0.3 is 5.97 Å². The van der Waals surface area contributed by atoms with E-state index in [1.165, 1.54) is 0 Å². The van der Waals surface area contributed by atoms with Crippen LogP contribution in [0.5, 0.6) is 0 Å². The fraction of sp³-hybridized carbons (Fsp3) is 0.407. The molecule has 34 heavy (non-hydrogen) atoms. The molecule has 3 aromatic rings. The van der Waals surface area contributed by atoms with Crippen LogP contribution in [0.3, 0.4) is 0 Å². The average molecular weight is 461 g/mol. The molecule has 2 aliphatic rings. The highest BCUT2D eigenvalue weighted by Gasteiger charge is 2.52. The number of benzene rings is 2. The number of fused-ring (bicyclic) bond motifs is 2. The molecule has 0 spiro atoms. The Morgan fingerprint density at radius 2 is 1.94 bits per heavy atom. The summed E-state index contributed by atoms with van der Waals surface area (Å²) >= 11 is 0. The van der Waals surface area contributed by atoms with E-state index < -0.39 is 6.04 Å². The highest BCUT2D eigenvalue weighted by atomic mass is 16.5. The van der Waals surface area contributed by atoms with Gasteiger partial charge in [-0.05, 0) is 55.0 Å². The van der Waals surface area contributed by atoms with E-state index in [2.05, 4.69) is 45.1 Å². The lowest BCUT2D eigenvalue weighted by atomic mass is 10.0. The molecule has 2 fully saturated rings. The van der Waals surface area contributed by atoms with Crippen molar-refractivity contribution in [1.82, 2.24) is 14.8 Å². The van der Waals surface area contributed by atoms with Crippen LogP contribution in [0.25, 0.3) is 10.9 Å². The molecule has 3 atom stereocenters. The van der Waals surface area contributed by atoms with Gasteiger partial charge in [0.1, 0.15) is 12.2 Å². The van der Waals surface area contributed by atoms with E-state index in [9.17, 15) is 9.59 Å². The van der Waals surface area contributed by atoms with Gasteiger partial charge < -0.3 is 19.5 Å². The van der Waals surface area contributed by atoms with Crippen LogP contribution in [0.2, 0.25) is 0 Å². The molecule has 7 heteroatoms. The van der Waals surface area contributed by atoms with Crippen LogP contribution in [0.1, 0.15) is 37.2 Å². The second kappa shape index (κ2) is 9.14. The van der Waals surface area contributed by atoms with Crippen LogP contribution < -0.4 is 4.90 Å². The number of esters is 1. The van der Waals surface area contributed by atoms with Gasteiger partial charge in [0, 0.05) is 44.0 Å². The zero-order chi connectivity index (χ0) is 23.8. The maximum Gasteiger partial charge on any atom is 0.329 e. The van der Waals surface area contributed by atoms with Gasteiger partial charge in [-0.2, -0.15) is 0 Å². The molecule has 2 aromatic carbocycles. The Hall–Kier alpha value is -3.32. The van der Waals surface area contributed by atoms with E-state index in [-0.39, 0.29) is 30.7 Å². The maximum absolute atomic E-state index is 13.7. The minimum atomic E-state index is -0.704. The molecule has 2 saturated heterocycles. The summed E-state index contributed by atoms with van der Waals surface area (Å²) in [7, 11) is 4.02. The maximum atomic E-state index is 13.7. The predicted octanol–water partition coefficient (Wildman–Crippen LogP) is 3.71. The number of amides is 1. The van der Waals surface area contributed by atoms with Crippen molar-refractivity contribution in [3.63, 3.8) is 0 Å². The van der Waals surface area contributed by atoms with Crippen molar-refractivity contribution in [3.05, 3.63) is 65.9 Å². The van der Waals surface area contributed by atoms with Crippen molar-refractivity contribution in [3.8, 4) is 0 Å². The highest BCUT2D eigenvalue weighted by Crippen LogP contribution is 2.42. The lowest BCUT2D eigenvalue weighted by molar-refractivity contribution is -0.155. The quantitative estimate of drug-likeness (QED) is 0.545. The lowest BCUT2D eigenvalue weighted by Gasteiger charge is -2.34. The third kappa shape index (κ3) is 3.94. The number of para-hydroxylation sites is 1. The molecule has 0 bridgehead atoms. The van der Waals surface area contributed by atoms with E-state index >= 15 is 0 Å². The molecule has 0 saturated carbocycles. The smallest absolute Gasteiger partial charge is 0.329 e. The summed E-state index contributed by atoms with van der Waals surface area (Å²) in [6.07, 6.45) is 1.91. The lowest BCUT2D eigenvalue weighted by Crippen LogP contribution is -2.47. The molecule has 1 N–H and O–H groups in total. The van der Waals surface area contributed by atoms with Crippen LogP contribution >= 0.6 is 0 Å². The highest BCUT2D eigenvalue weighted by molar-refractivity contribution is 5.90. The predicted molar refractivity (Wildman–Crippen MR) is 133 cm³/mol. The number of nitrogens with one attached hydrogen (secondary N) is 1. The third-order valence-corrected chi connectivity index (χ3v) is 7.01. The minimum Gasteiger partial charge on any atom is -0.464 e. The summed E-state index contributed by atoms with van der Waals surface area (Å²) < 4.78 is 5.50. The number of carbonyl (C=O) groups excluding carboxylic acids is 2. The van der Waals surface area contributed by atoms with Gasteiger partial charge in [0.2, 0.25) is 5.91 Å². The largest absolute Gasteiger partial charge is 0.464 e. The number of nitrogens with zero attached hydrogens (tertiary/aromatic N) is 3. The normalized spacial score (nSPS) is 21.1. The molecule has 0 radical (unpaired) electrons. The van der Waals surface area contributed by atoms with Crippen LogP contribution in [-0.2, 0) is 20.7 Å². The molecule has 3 unspecified atom stereocenters. The van der Waals surface area contributed by atoms with Crippen molar-refractivity contribution in [2.24, 2.45) is 0 Å². The number of ether oxygens (including phenoxy) is 1. The Morgan fingerprint density at radius 1 is 1.18 bits per heavy atom. The Morgan fingerprint density at radius 3 is 2.65 bits per heavy atom. The zero-order valence-electron chi connectivity index (χ0n) is 20.0. The van der Waals surface area contributed by atoms with Crippen LogP contribution in [0.15, 0.2) is 54.6 Å². The SMILES string of the molecule is CCOC(=O)C(Cc1cc2ccccc2[nH]1)N1C(=O)C2CCCN2C1c1ccc(N(C)C)cc1. The van der Waals surface area contributed by atoms with Gasteiger partial charge in [0.05, 0.1) is 12.6 Å². The summed E-state index contributed by atoms with van der Waals surface area (Å²) in [5.74, 6) is -0.334. The molecule has 3 heterocycles. The van der Waals surface area contributed by atoms with Crippen LogP contribution in [-0.4, -0.2) is 66.0 Å². The topological polar surface area (TPSA) is 68.9 Å². The molecule has 178 valence electrons. The number of hydrogen-bond acceptors (Lipinski definition) is 5. The Kier molecular flexibility index (Phi) is 6.04. The number of aromatic amines is 1. The van der Waals surface area contributed by atoms with Crippen molar-refractivity contribution < 1.29 is 14.3 Å². The summed E-state index contributed by atoms with van der Waals surface area (Å²) in [5.41, 5.74) is 4.05. The Labute approximate surface area is 200 Å². The summed E-state index contributed by atoms with van der Waals surface area (Å²) in [5, 5.41) is 1.09. The van der Waals surface area contributed by atoms with E-state index in [0.29, 0.717) is 6.42 Å². The second-order valence-corrected chi connectivity index (χ2v) is 9.35. The molecule has 2 aliphatic heterocycles. The second-order valence-electron chi connectivity index (χ2n) is 9.35. The number of H-pyrrole nitrogens is 1. The molecule has 5 rings (SSSR count). The molecule has 1 aromatic heterocycles. The third-order valence-electron chi connectivity index (χ3n) is 7.01. The van der Waals surface area contributed by atoms with Crippen LogP contribution in [0.4, 0.5) is 5.69 Å². The van der Waals surface area contributed by atoms with Crippen molar-refractivity contribution >= 4 is 28.5 Å². The molecule has 1 amide bonds. The fourth-order valence-electron chi connectivity index (χ4n) is 5.41. The standard InChI is InChI=1S/C27H32N4O3/c1-4-34-27(33)24(17-20-16-19-8-5-6-9-22(19)28-20)31-25(30-15-7-10-23(30)26(31)32)18-11-13-21(14-12-18)29(2)3/h5-6,8-9,11-14,16,23-25,28H,4,7,10,15,17H2,1-3H3. The van der Waals surface area contributed by atoms with E-state index in [0.717, 1.165) is 47.2 Å². The molecular formula is C27H32N4O3. The number of rotatable bonds is 7. The van der Waals surface area contributed by atoms with Crippen LogP contribution in [0, 0.1) is 0 Å². The van der Waals surface area contributed by atoms with E-state index in [4.69, 9.17) is 4.74 Å². The fourth-order valence-corrected chi connectivity index (χ4v) is 5.41. The summed E-state index contributed by atoms with van der Waals surface area (Å²) in [4.78, 5) is 36.5. The van der Waals surface area contributed by atoms with Gasteiger partial charge in [0.15, 0.2) is 0 Å². The Bertz CT molecular complexity index is 1150. The van der Waals surface area contributed by atoms with Gasteiger partial charge in [-0.3, -0.25) is 9.69 Å². The zero-order valence-corrected chi connectivity index (χ0v) is 20.0. The summed E-state index contributed by atoms with van der Waals surface area (Å²) in [6, 6.07) is 17.5. The number of anilines is 1.